The summed E-state index contributed by atoms with van der Waals surface area (Å²) >= 11 is 3.10. The minimum Gasteiger partial charge on any atom is -0.333 e. The highest BCUT2D eigenvalue weighted by Gasteiger charge is 2.24. The molecule has 1 atom stereocenters. The third-order valence-electron chi connectivity index (χ3n) is 2.93. The smallest absolute Gasteiger partial charge is 0.254 e. The molecule has 17 heavy (non-hydrogen) atoms. The van der Waals surface area contributed by atoms with Crippen molar-refractivity contribution in [1.29, 1.82) is 0 Å². The molecule has 3 nitrogen and oxygen atoms in total. The molecule has 5 heteroatoms. The lowest BCUT2D eigenvalue weighted by molar-refractivity contribution is 0.0655. The maximum Gasteiger partial charge on any atom is 0.254 e. The summed E-state index contributed by atoms with van der Waals surface area (Å²) in [7, 11) is 0. The minimum atomic E-state index is -0.352. The zero-order chi connectivity index (χ0) is 12.4. The molecule has 0 aromatic heterocycles. The van der Waals surface area contributed by atoms with Crippen LogP contribution in [0.2, 0.25) is 0 Å². The van der Waals surface area contributed by atoms with Crippen LogP contribution in [0.5, 0.6) is 0 Å². The van der Waals surface area contributed by atoms with Gasteiger partial charge in [0.15, 0.2) is 0 Å². The normalized spacial score (nSPS) is 20.4. The van der Waals surface area contributed by atoms with Gasteiger partial charge in [0.2, 0.25) is 0 Å². The summed E-state index contributed by atoms with van der Waals surface area (Å²) in [5, 5.41) is 3.23. The van der Waals surface area contributed by atoms with Gasteiger partial charge in [-0.3, -0.25) is 4.79 Å². The highest BCUT2D eigenvalue weighted by Crippen LogP contribution is 2.19. The quantitative estimate of drug-likeness (QED) is 0.861. The van der Waals surface area contributed by atoms with Gasteiger partial charge in [-0.1, -0.05) is 0 Å². The van der Waals surface area contributed by atoms with E-state index in [4.69, 9.17) is 0 Å². The Morgan fingerprint density at radius 2 is 2.35 bits per heavy atom. The van der Waals surface area contributed by atoms with Crippen LogP contribution in [0.15, 0.2) is 22.7 Å². The molecule has 1 saturated heterocycles. The topological polar surface area (TPSA) is 32.3 Å². The summed E-state index contributed by atoms with van der Waals surface area (Å²) < 4.78 is 13.4. The van der Waals surface area contributed by atoms with Crippen molar-refractivity contribution < 1.29 is 9.18 Å². The molecule has 1 fully saturated rings. The molecule has 0 bridgehead atoms. The molecule has 2 rings (SSSR count). The van der Waals surface area contributed by atoms with E-state index < -0.39 is 0 Å². The van der Waals surface area contributed by atoms with Gasteiger partial charge in [0.1, 0.15) is 5.82 Å². The van der Waals surface area contributed by atoms with E-state index in [1.807, 2.05) is 11.8 Å². The van der Waals surface area contributed by atoms with Crippen molar-refractivity contribution in [3.8, 4) is 0 Å². The van der Waals surface area contributed by atoms with Crippen molar-refractivity contribution in [2.75, 3.05) is 19.6 Å². The van der Waals surface area contributed by atoms with Crippen molar-refractivity contribution >= 4 is 21.8 Å². The Morgan fingerprint density at radius 1 is 1.59 bits per heavy atom. The average Bonchev–Trinajstić information content (AvgIpc) is 2.32. The molecule has 1 aliphatic rings. The molecule has 0 aliphatic carbocycles. The van der Waals surface area contributed by atoms with Crippen molar-refractivity contribution in [2.24, 2.45) is 0 Å². The molecule has 1 aliphatic heterocycles. The molecule has 1 heterocycles. The highest BCUT2D eigenvalue weighted by atomic mass is 79.9. The SMILES string of the molecule is C[C@H]1CNCCN1C(=O)c1ccc(F)c(Br)c1. The molecule has 1 aromatic carbocycles. The summed E-state index contributed by atoms with van der Waals surface area (Å²) in [5.41, 5.74) is 0.520. The third-order valence-corrected chi connectivity index (χ3v) is 3.54. The van der Waals surface area contributed by atoms with Crippen LogP contribution in [0.1, 0.15) is 17.3 Å². The lowest BCUT2D eigenvalue weighted by atomic mass is 10.1. The number of carbonyl (C=O) groups is 1. The molecule has 1 amide bonds. The maximum absolute atomic E-state index is 13.1. The summed E-state index contributed by atoms with van der Waals surface area (Å²) in [6.07, 6.45) is 0. The number of hydrogen-bond donors (Lipinski definition) is 1. The highest BCUT2D eigenvalue weighted by molar-refractivity contribution is 9.10. The first-order valence-electron chi connectivity index (χ1n) is 5.56. The van der Waals surface area contributed by atoms with E-state index >= 15 is 0 Å². The second-order valence-corrected chi connectivity index (χ2v) is 5.03. The van der Waals surface area contributed by atoms with Gasteiger partial charge in [-0.15, -0.1) is 0 Å². The number of nitrogens with zero attached hydrogens (tertiary/aromatic N) is 1. The van der Waals surface area contributed by atoms with Crippen molar-refractivity contribution in [3.05, 3.63) is 34.1 Å². The molecule has 92 valence electrons. The number of benzene rings is 1. The average molecular weight is 301 g/mol. The van der Waals surface area contributed by atoms with Gasteiger partial charge in [0.25, 0.3) is 5.91 Å². The Labute approximate surface area is 108 Å². The van der Waals surface area contributed by atoms with E-state index in [1.165, 1.54) is 18.2 Å². The van der Waals surface area contributed by atoms with Crippen molar-refractivity contribution in [1.82, 2.24) is 10.2 Å². The van der Waals surface area contributed by atoms with Crippen LogP contribution in [-0.4, -0.2) is 36.5 Å². The van der Waals surface area contributed by atoms with Crippen LogP contribution in [0.25, 0.3) is 0 Å². The third kappa shape index (κ3) is 2.66. The van der Waals surface area contributed by atoms with Gasteiger partial charge in [0, 0.05) is 31.2 Å². The Balaban J connectivity index is 2.21. The summed E-state index contributed by atoms with van der Waals surface area (Å²) in [6, 6.07) is 4.54. The molecular weight excluding hydrogens is 287 g/mol. The molecule has 1 aromatic rings. The van der Waals surface area contributed by atoms with E-state index in [-0.39, 0.29) is 17.8 Å². The number of carbonyl (C=O) groups excluding carboxylic acids is 1. The second kappa shape index (κ2) is 5.14. The minimum absolute atomic E-state index is 0.0419. The number of hydrogen-bond acceptors (Lipinski definition) is 2. The lowest BCUT2D eigenvalue weighted by Gasteiger charge is -2.34. The van der Waals surface area contributed by atoms with Crippen LogP contribution in [0.4, 0.5) is 4.39 Å². The Hall–Kier alpha value is -0.940. The van der Waals surface area contributed by atoms with Gasteiger partial charge in [0.05, 0.1) is 4.47 Å². The Bertz CT molecular complexity index is 439. The summed E-state index contributed by atoms with van der Waals surface area (Å²) in [4.78, 5) is 14.0. The maximum atomic E-state index is 13.1. The van der Waals surface area contributed by atoms with Gasteiger partial charge < -0.3 is 10.2 Å². The standard InChI is InChI=1S/C12H14BrFN2O/c1-8-7-15-4-5-16(8)12(17)9-2-3-11(14)10(13)6-9/h2-3,6,8,15H,4-5,7H2,1H3/t8-/m0/s1. The van der Waals surface area contributed by atoms with E-state index in [9.17, 15) is 9.18 Å². The van der Waals surface area contributed by atoms with Gasteiger partial charge in [-0.2, -0.15) is 0 Å². The molecular formula is C12H14BrFN2O. The van der Waals surface area contributed by atoms with E-state index in [1.54, 1.807) is 0 Å². The van der Waals surface area contributed by atoms with Gasteiger partial charge in [-0.25, -0.2) is 4.39 Å². The molecule has 1 N–H and O–H groups in total. The molecule has 0 unspecified atom stereocenters. The second-order valence-electron chi connectivity index (χ2n) is 4.18. The monoisotopic (exact) mass is 300 g/mol. The number of amides is 1. The first-order chi connectivity index (χ1) is 8.09. The fourth-order valence-corrected chi connectivity index (χ4v) is 2.32. The van der Waals surface area contributed by atoms with Crippen LogP contribution in [0.3, 0.4) is 0 Å². The van der Waals surface area contributed by atoms with Gasteiger partial charge in [-0.05, 0) is 41.1 Å². The number of halogens is 2. The summed E-state index contributed by atoms with van der Waals surface area (Å²) in [5.74, 6) is -0.394. The van der Waals surface area contributed by atoms with Crippen LogP contribution < -0.4 is 5.32 Å². The van der Waals surface area contributed by atoms with E-state index in [0.717, 1.165) is 13.1 Å². The van der Waals surface area contributed by atoms with E-state index in [2.05, 4.69) is 21.2 Å². The molecule has 0 radical (unpaired) electrons. The largest absolute Gasteiger partial charge is 0.333 e. The zero-order valence-corrected chi connectivity index (χ0v) is 11.1. The lowest BCUT2D eigenvalue weighted by Crippen LogP contribution is -2.52. The molecule has 0 saturated carbocycles. The predicted molar refractivity (Wildman–Crippen MR) is 67.5 cm³/mol. The summed E-state index contributed by atoms with van der Waals surface area (Å²) in [6.45, 7) is 4.30. The first-order valence-corrected chi connectivity index (χ1v) is 6.35. The number of nitrogens with one attached hydrogen (secondary N) is 1. The zero-order valence-electron chi connectivity index (χ0n) is 9.54. The Morgan fingerprint density at radius 3 is 3.00 bits per heavy atom. The first kappa shape index (κ1) is 12.5. The molecule has 0 spiro atoms. The Kier molecular flexibility index (Phi) is 3.79. The van der Waals surface area contributed by atoms with Crippen molar-refractivity contribution in [2.45, 2.75) is 13.0 Å². The predicted octanol–water partition coefficient (Wildman–Crippen LogP) is 2.02. The van der Waals surface area contributed by atoms with Crippen LogP contribution in [-0.2, 0) is 0 Å². The fraction of sp³-hybridized carbons (Fsp3) is 0.417. The van der Waals surface area contributed by atoms with Crippen LogP contribution in [0, 0.1) is 5.82 Å². The van der Waals surface area contributed by atoms with Crippen molar-refractivity contribution in [3.63, 3.8) is 0 Å². The number of piperazine rings is 1. The van der Waals surface area contributed by atoms with E-state index in [0.29, 0.717) is 16.6 Å². The fourth-order valence-electron chi connectivity index (χ4n) is 1.94. The number of rotatable bonds is 1. The van der Waals surface area contributed by atoms with Gasteiger partial charge >= 0.3 is 0 Å². The van der Waals surface area contributed by atoms with Crippen LogP contribution >= 0.6 is 15.9 Å².